The van der Waals surface area contributed by atoms with Crippen molar-refractivity contribution in [3.05, 3.63) is 71.8 Å². The molecule has 0 aliphatic carbocycles. The van der Waals surface area contributed by atoms with E-state index in [9.17, 15) is 10.2 Å². The first-order valence-corrected chi connectivity index (χ1v) is 9.33. The van der Waals surface area contributed by atoms with E-state index in [0.29, 0.717) is 12.1 Å². The Bertz CT molecular complexity index is 575. The Morgan fingerprint density at radius 3 is 1.60 bits per heavy atom. The molecule has 3 heteroatoms. The third-order valence-corrected chi connectivity index (χ3v) is 5.59. The highest BCUT2D eigenvalue weighted by Crippen LogP contribution is 2.32. The van der Waals surface area contributed by atoms with Gasteiger partial charge < -0.3 is 15.1 Å². The van der Waals surface area contributed by atoms with E-state index in [1.165, 1.54) is 0 Å². The van der Waals surface area contributed by atoms with Gasteiger partial charge in [0.25, 0.3) is 0 Å². The molecule has 2 N–H and O–H groups in total. The first-order valence-electron chi connectivity index (χ1n) is 9.33. The number of hydrogen-bond acceptors (Lipinski definition) is 3. The molecule has 2 aromatic carbocycles. The molecule has 0 amide bonds. The average molecular weight is 339 g/mol. The van der Waals surface area contributed by atoms with Crippen LogP contribution in [0.5, 0.6) is 0 Å². The molecule has 1 heterocycles. The monoisotopic (exact) mass is 339 g/mol. The summed E-state index contributed by atoms with van der Waals surface area (Å²) in [6.45, 7) is 0. The molecule has 0 bridgehead atoms. The summed E-state index contributed by atoms with van der Waals surface area (Å²) in [5.41, 5.74) is 1.98. The van der Waals surface area contributed by atoms with E-state index in [0.717, 1.165) is 43.2 Å². The summed E-state index contributed by atoms with van der Waals surface area (Å²) in [6, 6.07) is 20.5. The van der Waals surface area contributed by atoms with Crippen LogP contribution in [0.2, 0.25) is 0 Å². The van der Waals surface area contributed by atoms with Gasteiger partial charge in [0.05, 0.1) is 12.2 Å². The molecular formula is C22H29NO2. The number of hydrogen-bond donors (Lipinski definition) is 2. The Balaban J connectivity index is 1.60. The molecule has 1 aliphatic rings. The molecular weight excluding hydrogens is 310 g/mol. The molecule has 3 rings (SSSR count). The molecule has 134 valence electrons. The number of aliphatic hydroxyl groups is 2. The SMILES string of the molecule is CN1[C@@H](C[C@@H](O)c2ccccc2)CCC[C@@H]1C[C@H](O)c1ccccc1. The van der Waals surface area contributed by atoms with Crippen LogP contribution in [-0.4, -0.2) is 34.2 Å². The van der Waals surface area contributed by atoms with Gasteiger partial charge in [0.2, 0.25) is 0 Å². The number of aliphatic hydroxyl groups excluding tert-OH is 2. The van der Waals surface area contributed by atoms with Crippen molar-refractivity contribution in [2.45, 2.75) is 56.4 Å². The highest BCUT2D eigenvalue weighted by Gasteiger charge is 2.30. The van der Waals surface area contributed by atoms with E-state index < -0.39 is 12.2 Å². The van der Waals surface area contributed by atoms with Gasteiger partial charge in [0.1, 0.15) is 0 Å². The number of nitrogens with zero attached hydrogens (tertiary/aromatic N) is 1. The van der Waals surface area contributed by atoms with Crippen molar-refractivity contribution in [3.8, 4) is 0 Å². The lowest BCUT2D eigenvalue weighted by Gasteiger charge is -2.41. The maximum absolute atomic E-state index is 10.6. The topological polar surface area (TPSA) is 43.7 Å². The van der Waals surface area contributed by atoms with Crippen LogP contribution in [0.1, 0.15) is 55.4 Å². The van der Waals surface area contributed by atoms with Crippen LogP contribution in [-0.2, 0) is 0 Å². The molecule has 4 atom stereocenters. The summed E-state index contributed by atoms with van der Waals surface area (Å²) < 4.78 is 0. The second-order valence-corrected chi connectivity index (χ2v) is 7.23. The lowest BCUT2D eigenvalue weighted by atomic mass is 9.88. The summed E-state index contributed by atoms with van der Waals surface area (Å²) in [5.74, 6) is 0. The zero-order valence-corrected chi connectivity index (χ0v) is 15.0. The fourth-order valence-corrected chi connectivity index (χ4v) is 4.00. The van der Waals surface area contributed by atoms with Gasteiger partial charge in [-0.25, -0.2) is 0 Å². The van der Waals surface area contributed by atoms with E-state index in [1.54, 1.807) is 0 Å². The number of rotatable bonds is 6. The molecule has 0 spiro atoms. The summed E-state index contributed by atoms with van der Waals surface area (Å²) >= 11 is 0. The van der Waals surface area contributed by atoms with E-state index >= 15 is 0 Å². The van der Waals surface area contributed by atoms with Gasteiger partial charge in [-0.15, -0.1) is 0 Å². The van der Waals surface area contributed by atoms with Gasteiger partial charge >= 0.3 is 0 Å². The van der Waals surface area contributed by atoms with Gasteiger partial charge in [-0.3, -0.25) is 0 Å². The molecule has 0 saturated carbocycles. The van der Waals surface area contributed by atoms with Gasteiger partial charge in [0, 0.05) is 12.1 Å². The van der Waals surface area contributed by atoms with Crippen molar-refractivity contribution in [2.24, 2.45) is 0 Å². The van der Waals surface area contributed by atoms with E-state index in [1.807, 2.05) is 60.7 Å². The first kappa shape index (κ1) is 18.1. The van der Waals surface area contributed by atoms with E-state index in [-0.39, 0.29) is 0 Å². The van der Waals surface area contributed by atoms with Crippen molar-refractivity contribution in [1.82, 2.24) is 4.90 Å². The Morgan fingerprint density at radius 2 is 1.20 bits per heavy atom. The van der Waals surface area contributed by atoms with Gasteiger partial charge in [-0.2, -0.15) is 0 Å². The van der Waals surface area contributed by atoms with Crippen LogP contribution < -0.4 is 0 Å². The van der Waals surface area contributed by atoms with Gasteiger partial charge in [0.15, 0.2) is 0 Å². The van der Waals surface area contributed by atoms with Crippen LogP contribution in [0, 0.1) is 0 Å². The van der Waals surface area contributed by atoms with E-state index in [4.69, 9.17) is 0 Å². The smallest absolute Gasteiger partial charge is 0.0805 e. The molecule has 1 saturated heterocycles. The molecule has 0 unspecified atom stereocenters. The highest BCUT2D eigenvalue weighted by atomic mass is 16.3. The highest BCUT2D eigenvalue weighted by molar-refractivity contribution is 5.18. The van der Waals surface area contributed by atoms with Gasteiger partial charge in [-0.1, -0.05) is 67.1 Å². The fourth-order valence-electron chi connectivity index (χ4n) is 4.00. The molecule has 0 radical (unpaired) electrons. The van der Waals surface area contributed by atoms with Crippen LogP contribution in [0.3, 0.4) is 0 Å². The fraction of sp³-hybridized carbons (Fsp3) is 0.455. The minimum atomic E-state index is -0.425. The molecule has 2 aromatic rings. The predicted molar refractivity (Wildman–Crippen MR) is 101 cm³/mol. The lowest BCUT2D eigenvalue weighted by molar-refractivity contribution is 0.0350. The zero-order valence-electron chi connectivity index (χ0n) is 15.0. The van der Waals surface area contributed by atoms with Crippen LogP contribution in [0.15, 0.2) is 60.7 Å². The maximum Gasteiger partial charge on any atom is 0.0805 e. The van der Waals surface area contributed by atoms with Crippen molar-refractivity contribution in [1.29, 1.82) is 0 Å². The minimum Gasteiger partial charge on any atom is -0.388 e. The van der Waals surface area contributed by atoms with E-state index in [2.05, 4.69) is 11.9 Å². The summed E-state index contributed by atoms with van der Waals surface area (Å²) in [6.07, 6.45) is 4.02. The quantitative estimate of drug-likeness (QED) is 0.833. The predicted octanol–water partition coefficient (Wildman–Crippen LogP) is 4.09. The number of piperidine rings is 1. The number of benzene rings is 2. The Hall–Kier alpha value is -1.68. The molecule has 0 aromatic heterocycles. The third-order valence-electron chi connectivity index (χ3n) is 5.59. The second kappa shape index (κ2) is 8.61. The molecule has 3 nitrogen and oxygen atoms in total. The van der Waals surface area contributed by atoms with Crippen molar-refractivity contribution >= 4 is 0 Å². The Kier molecular flexibility index (Phi) is 6.24. The number of likely N-dealkylation sites (tertiary alicyclic amines) is 1. The third kappa shape index (κ3) is 4.69. The second-order valence-electron chi connectivity index (χ2n) is 7.23. The Morgan fingerprint density at radius 1 is 0.800 bits per heavy atom. The van der Waals surface area contributed by atoms with Crippen LogP contribution in [0.25, 0.3) is 0 Å². The minimum absolute atomic E-state index is 0.358. The molecule has 1 fully saturated rings. The van der Waals surface area contributed by atoms with Crippen LogP contribution >= 0.6 is 0 Å². The lowest BCUT2D eigenvalue weighted by Crippen LogP contribution is -2.45. The summed E-state index contributed by atoms with van der Waals surface area (Å²) in [4.78, 5) is 2.38. The zero-order chi connectivity index (χ0) is 17.6. The molecule has 25 heavy (non-hydrogen) atoms. The summed E-state index contributed by atoms with van der Waals surface area (Å²) in [5, 5.41) is 21.1. The normalized spacial score (nSPS) is 24.0. The molecule has 1 aliphatic heterocycles. The summed E-state index contributed by atoms with van der Waals surface area (Å²) in [7, 11) is 2.14. The standard InChI is InChI=1S/C22H29NO2/c1-23-19(15-21(24)17-9-4-2-5-10-17)13-8-14-20(23)16-22(25)18-11-6-3-7-12-18/h2-7,9-12,19-22,24-25H,8,13-16H2,1H3/t19-,20-,21-,22+/m1/s1. The maximum atomic E-state index is 10.6. The van der Waals surface area contributed by atoms with Crippen molar-refractivity contribution in [3.63, 3.8) is 0 Å². The van der Waals surface area contributed by atoms with Crippen molar-refractivity contribution < 1.29 is 10.2 Å². The first-order chi connectivity index (χ1) is 12.1. The van der Waals surface area contributed by atoms with Crippen molar-refractivity contribution in [2.75, 3.05) is 7.05 Å². The Labute approximate surface area is 150 Å². The van der Waals surface area contributed by atoms with Crippen LogP contribution in [0.4, 0.5) is 0 Å². The van der Waals surface area contributed by atoms with Gasteiger partial charge in [-0.05, 0) is 43.9 Å². The largest absolute Gasteiger partial charge is 0.388 e. The average Bonchev–Trinajstić information content (AvgIpc) is 2.66.